The lowest BCUT2D eigenvalue weighted by Crippen LogP contribution is -2.19. The first-order chi connectivity index (χ1) is 8.13. The number of alkyl halides is 1. The zero-order chi connectivity index (χ0) is 12.7. The molecule has 0 bridgehead atoms. The number of hydrogen-bond acceptors (Lipinski definition) is 2. The molecule has 0 aliphatic heterocycles. The zero-order valence-electron chi connectivity index (χ0n) is 10.3. The maximum absolute atomic E-state index is 12.1. The molecule has 0 amide bonds. The number of rotatable bonds is 7. The first-order valence-corrected chi connectivity index (χ1v) is 6.19. The maximum atomic E-state index is 12.1. The number of halogens is 2. The van der Waals surface area contributed by atoms with E-state index in [0.717, 1.165) is 12.1 Å². The third-order valence-electron chi connectivity index (χ3n) is 2.23. The number of nitrogens with one attached hydrogen (secondary N) is 1. The highest BCUT2D eigenvalue weighted by Crippen LogP contribution is 2.22. The molecule has 1 N–H and O–H groups in total. The minimum absolute atomic E-state index is 0.0822. The summed E-state index contributed by atoms with van der Waals surface area (Å²) in [7, 11) is 0. The van der Waals surface area contributed by atoms with Crippen LogP contribution in [-0.4, -0.2) is 19.8 Å². The Hall–Kier alpha value is -0.800. The number of benzene rings is 1. The van der Waals surface area contributed by atoms with Crippen LogP contribution in [0.25, 0.3) is 0 Å². The standard InChI is InChI=1S/C13H19ClFNO/c1-10(2)8-16-9-11-7-12(14)3-4-13(11)17-6-5-15/h3-4,7,10,16H,5-6,8-9H2,1-2H3. The van der Waals surface area contributed by atoms with Gasteiger partial charge < -0.3 is 10.1 Å². The second-order valence-corrected chi connectivity index (χ2v) is 4.75. The number of hydrogen-bond donors (Lipinski definition) is 1. The second kappa shape index (κ2) is 7.51. The molecule has 4 heteroatoms. The molecular weight excluding hydrogens is 241 g/mol. The van der Waals surface area contributed by atoms with Gasteiger partial charge in [-0.2, -0.15) is 0 Å². The van der Waals surface area contributed by atoms with Crippen LogP contribution in [0.2, 0.25) is 5.02 Å². The maximum Gasteiger partial charge on any atom is 0.124 e. The van der Waals surface area contributed by atoms with Crippen molar-refractivity contribution in [2.45, 2.75) is 20.4 Å². The van der Waals surface area contributed by atoms with Crippen molar-refractivity contribution in [1.82, 2.24) is 5.32 Å². The van der Waals surface area contributed by atoms with E-state index in [1.807, 2.05) is 6.07 Å². The average molecular weight is 260 g/mol. The highest BCUT2D eigenvalue weighted by atomic mass is 35.5. The second-order valence-electron chi connectivity index (χ2n) is 4.31. The van der Waals surface area contributed by atoms with Crippen LogP contribution in [0.1, 0.15) is 19.4 Å². The largest absolute Gasteiger partial charge is 0.491 e. The molecule has 0 spiro atoms. The highest BCUT2D eigenvalue weighted by molar-refractivity contribution is 6.30. The van der Waals surface area contributed by atoms with Crippen LogP contribution in [0, 0.1) is 5.92 Å². The monoisotopic (exact) mass is 259 g/mol. The van der Waals surface area contributed by atoms with Gasteiger partial charge in [0.2, 0.25) is 0 Å². The molecule has 0 saturated carbocycles. The van der Waals surface area contributed by atoms with Gasteiger partial charge >= 0.3 is 0 Å². The van der Waals surface area contributed by atoms with E-state index < -0.39 is 6.67 Å². The molecule has 0 aromatic heterocycles. The van der Waals surface area contributed by atoms with Gasteiger partial charge in [-0.15, -0.1) is 0 Å². The molecule has 0 aliphatic rings. The molecule has 1 rings (SSSR count). The normalized spacial score (nSPS) is 10.9. The van der Waals surface area contributed by atoms with E-state index in [0.29, 0.717) is 23.2 Å². The summed E-state index contributed by atoms with van der Waals surface area (Å²) in [5.41, 5.74) is 0.964. The van der Waals surface area contributed by atoms with Gasteiger partial charge in [0.15, 0.2) is 0 Å². The lowest BCUT2D eigenvalue weighted by atomic mass is 10.2. The average Bonchev–Trinajstić information content (AvgIpc) is 2.27. The molecule has 1 aromatic rings. The van der Waals surface area contributed by atoms with E-state index in [1.54, 1.807) is 12.1 Å². The summed E-state index contributed by atoms with van der Waals surface area (Å²) in [5.74, 6) is 1.28. The van der Waals surface area contributed by atoms with Gasteiger partial charge in [0.25, 0.3) is 0 Å². The predicted molar refractivity (Wildman–Crippen MR) is 69.5 cm³/mol. The Morgan fingerprint density at radius 3 is 2.82 bits per heavy atom. The Bertz CT molecular complexity index is 344. The van der Waals surface area contributed by atoms with E-state index in [4.69, 9.17) is 16.3 Å². The van der Waals surface area contributed by atoms with Crippen molar-refractivity contribution >= 4 is 11.6 Å². The molecule has 0 heterocycles. The third kappa shape index (κ3) is 5.37. The summed E-state index contributed by atoms with van der Waals surface area (Å²) in [5, 5.41) is 3.98. The lowest BCUT2D eigenvalue weighted by molar-refractivity contribution is 0.270. The Morgan fingerprint density at radius 1 is 1.41 bits per heavy atom. The van der Waals surface area contributed by atoms with Crippen molar-refractivity contribution in [3.63, 3.8) is 0 Å². The van der Waals surface area contributed by atoms with E-state index in [-0.39, 0.29) is 6.61 Å². The lowest BCUT2D eigenvalue weighted by Gasteiger charge is -2.12. The van der Waals surface area contributed by atoms with E-state index in [1.165, 1.54) is 0 Å². The van der Waals surface area contributed by atoms with Crippen LogP contribution >= 0.6 is 11.6 Å². The van der Waals surface area contributed by atoms with Crippen molar-refractivity contribution in [2.75, 3.05) is 19.8 Å². The Morgan fingerprint density at radius 2 is 2.18 bits per heavy atom. The SMILES string of the molecule is CC(C)CNCc1cc(Cl)ccc1OCCF. The molecule has 96 valence electrons. The van der Waals surface area contributed by atoms with E-state index in [9.17, 15) is 4.39 Å². The van der Waals surface area contributed by atoms with Crippen LogP contribution < -0.4 is 10.1 Å². The summed E-state index contributed by atoms with van der Waals surface area (Å²) in [6, 6.07) is 5.38. The van der Waals surface area contributed by atoms with Gasteiger partial charge in [-0.05, 0) is 30.7 Å². The molecule has 17 heavy (non-hydrogen) atoms. The van der Waals surface area contributed by atoms with Crippen LogP contribution in [0.5, 0.6) is 5.75 Å². The first kappa shape index (κ1) is 14.3. The third-order valence-corrected chi connectivity index (χ3v) is 2.46. The van der Waals surface area contributed by atoms with Gasteiger partial charge in [-0.1, -0.05) is 25.4 Å². The minimum Gasteiger partial charge on any atom is -0.491 e. The number of ether oxygens (including phenoxy) is 1. The summed E-state index contributed by atoms with van der Waals surface area (Å²) >= 11 is 5.93. The summed E-state index contributed by atoms with van der Waals surface area (Å²) in [6.45, 7) is 5.49. The molecule has 0 radical (unpaired) electrons. The van der Waals surface area contributed by atoms with Crippen molar-refractivity contribution in [1.29, 1.82) is 0 Å². The first-order valence-electron chi connectivity index (χ1n) is 5.81. The molecule has 0 aliphatic carbocycles. The van der Waals surface area contributed by atoms with Gasteiger partial charge in [0.1, 0.15) is 19.0 Å². The van der Waals surface area contributed by atoms with Crippen molar-refractivity contribution in [3.05, 3.63) is 28.8 Å². The molecule has 0 saturated heterocycles. The molecule has 0 atom stereocenters. The van der Waals surface area contributed by atoms with Crippen LogP contribution in [0.15, 0.2) is 18.2 Å². The smallest absolute Gasteiger partial charge is 0.124 e. The van der Waals surface area contributed by atoms with Gasteiger partial charge in [-0.25, -0.2) is 4.39 Å². The summed E-state index contributed by atoms with van der Waals surface area (Å²) in [6.07, 6.45) is 0. The van der Waals surface area contributed by atoms with Crippen molar-refractivity contribution in [2.24, 2.45) is 5.92 Å². The topological polar surface area (TPSA) is 21.3 Å². The van der Waals surface area contributed by atoms with Crippen molar-refractivity contribution in [3.8, 4) is 5.75 Å². The van der Waals surface area contributed by atoms with Crippen LogP contribution in [0.3, 0.4) is 0 Å². The van der Waals surface area contributed by atoms with E-state index >= 15 is 0 Å². The van der Waals surface area contributed by atoms with Crippen LogP contribution in [0.4, 0.5) is 4.39 Å². The van der Waals surface area contributed by atoms with Gasteiger partial charge in [-0.3, -0.25) is 0 Å². The quantitative estimate of drug-likeness (QED) is 0.810. The molecule has 0 fully saturated rings. The fourth-order valence-corrected chi connectivity index (χ4v) is 1.67. The highest BCUT2D eigenvalue weighted by Gasteiger charge is 2.05. The van der Waals surface area contributed by atoms with Gasteiger partial charge in [0.05, 0.1) is 0 Å². The predicted octanol–water partition coefficient (Wildman–Crippen LogP) is 3.43. The summed E-state index contributed by atoms with van der Waals surface area (Å²) < 4.78 is 17.4. The van der Waals surface area contributed by atoms with Gasteiger partial charge in [0, 0.05) is 17.1 Å². The van der Waals surface area contributed by atoms with Crippen LogP contribution in [-0.2, 0) is 6.54 Å². The molecule has 2 nitrogen and oxygen atoms in total. The minimum atomic E-state index is -0.485. The molecule has 1 aromatic carbocycles. The van der Waals surface area contributed by atoms with Crippen molar-refractivity contribution < 1.29 is 9.13 Å². The summed E-state index contributed by atoms with van der Waals surface area (Å²) in [4.78, 5) is 0. The zero-order valence-corrected chi connectivity index (χ0v) is 11.1. The Kier molecular flexibility index (Phi) is 6.30. The van der Waals surface area contributed by atoms with E-state index in [2.05, 4.69) is 19.2 Å². The fraction of sp³-hybridized carbons (Fsp3) is 0.538. The Labute approximate surface area is 107 Å². The Balaban J connectivity index is 2.62. The fourth-order valence-electron chi connectivity index (χ4n) is 1.47. The molecule has 0 unspecified atom stereocenters. The molecular formula is C13H19ClFNO.